The number of ether oxygens (including phenoxy) is 1. The molecule has 0 fully saturated rings. The van der Waals surface area contributed by atoms with Gasteiger partial charge in [-0.05, 0) is 70.6 Å². The lowest BCUT2D eigenvalue weighted by Gasteiger charge is -2.08. The van der Waals surface area contributed by atoms with Crippen molar-refractivity contribution in [1.82, 2.24) is 0 Å². The molecule has 0 N–H and O–H groups in total. The first-order valence-corrected chi connectivity index (χ1v) is 9.22. The molecule has 0 saturated carbocycles. The number of esters is 1. The lowest BCUT2D eigenvalue weighted by molar-refractivity contribution is 0.0479. The molecular formula is C18H13BrO4S. The number of halogens is 1. The van der Waals surface area contributed by atoms with Crippen LogP contribution in [-0.2, 0) is 24.2 Å². The number of carbonyl (C=O) groups is 1. The molecule has 1 aliphatic rings. The van der Waals surface area contributed by atoms with Gasteiger partial charge in [-0.3, -0.25) is 0 Å². The van der Waals surface area contributed by atoms with E-state index in [9.17, 15) is 9.59 Å². The summed E-state index contributed by atoms with van der Waals surface area (Å²) in [4.78, 5) is 24.4. The van der Waals surface area contributed by atoms with Crippen LogP contribution in [0.3, 0.4) is 0 Å². The number of fused-ring (bicyclic) bond motifs is 2. The molecule has 0 aliphatic heterocycles. The predicted molar refractivity (Wildman–Crippen MR) is 95.6 cm³/mol. The molecular weight excluding hydrogens is 392 g/mol. The van der Waals surface area contributed by atoms with E-state index in [1.807, 2.05) is 6.07 Å². The van der Waals surface area contributed by atoms with E-state index in [0.29, 0.717) is 16.0 Å². The van der Waals surface area contributed by atoms with Gasteiger partial charge in [-0.2, -0.15) is 0 Å². The Morgan fingerprint density at radius 2 is 2.00 bits per heavy atom. The summed E-state index contributed by atoms with van der Waals surface area (Å²) in [6.07, 6.45) is 3.17. The van der Waals surface area contributed by atoms with Gasteiger partial charge in [0.15, 0.2) is 0 Å². The van der Waals surface area contributed by atoms with Crippen molar-refractivity contribution in [3.8, 4) is 0 Å². The maximum Gasteiger partial charge on any atom is 0.348 e. The Hall–Kier alpha value is -1.92. The Bertz CT molecular complexity index is 1000. The maximum atomic E-state index is 12.1. The summed E-state index contributed by atoms with van der Waals surface area (Å²) in [6, 6.07) is 8.92. The molecule has 4 rings (SSSR count). The number of hydrogen-bond donors (Lipinski definition) is 0. The smallest absolute Gasteiger partial charge is 0.348 e. The van der Waals surface area contributed by atoms with E-state index in [2.05, 4.69) is 22.0 Å². The second-order valence-corrected chi connectivity index (χ2v) is 8.20. The molecule has 6 heteroatoms. The summed E-state index contributed by atoms with van der Waals surface area (Å²) >= 11 is 4.64. The topological polar surface area (TPSA) is 56.5 Å². The molecule has 0 radical (unpaired) electrons. The van der Waals surface area contributed by atoms with Crippen LogP contribution in [0.2, 0.25) is 0 Å². The molecule has 0 unspecified atom stereocenters. The van der Waals surface area contributed by atoms with Crippen LogP contribution < -0.4 is 5.63 Å². The minimum atomic E-state index is -0.426. The van der Waals surface area contributed by atoms with E-state index < -0.39 is 11.6 Å². The van der Waals surface area contributed by atoms with Crippen molar-refractivity contribution in [3.05, 3.63) is 66.1 Å². The number of rotatable bonds is 3. The average Bonchev–Trinajstić information content (AvgIpc) is 3.18. The number of thiophene rings is 1. The average molecular weight is 405 g/mol. The van der Waals surface area contributed by atoms with E-state index in [-0.39, 0.29) is 6.61 Å². The van der Waals surface area contributed by atoms with Crippen LogP contribution in [0.5, 0.6) is 0 Å². The third-order valence-electron chi connectivity index (χ3n) is 4.18. The van der Waals surface area contributed by atoms with Gasteiger partial charge in [-0.15, -0.1) is 11.3 Å². The van der Waals surface area contributed by atoms with Crippen LogP contribution in [0.15, 0.2) is 43.3 Å². The zero-order chi connectivity index (χ0) is 16.7. The first kappa shape index (κ1) is 15.6. The van der Waals surface area contributed by atoms with E-state index in [4.69, 9.17) is 9.15 Å². The van der Waals surface area contributed by atoms with Crippen molar-refractivity contribution in [2.24, 2.45) is 0 Å². The van der Waals surface area contributed by atoms with Gasteiger partial charge >= 0.3 is 11.6 Å². The van der Waals surface area contributed by atoms with E-state index in [1.54, 1.807) is 12.1 Å². The highest BCUT2D eigenvalue weighted by molar-refractivity contribution is 9.11. The molecule has 0 saturated heterocycles. The standard InChI is InChI=1S/C18H13BrO4S/c19-16-5-4-15(24-16)18(21)22-9-12-8-17(20)23-14-7-11-3-1-2-10(11)6-13(12)14/h4-8H,1-3,9H2. The Morgan fingerprint density at radius 1 is 1.21 bits per heavy atom. The fourth-order valence-electron chi connectivity index (χ4n) is 3.05. The summed E-state index contributed by atoms with van der Waals surface area (Å²) in [7, 11) is 0. The van der Waals surface area contributed by atoms with Crippen molar-refractivity contribution in [1.29, 1.82) is 0 Å². The summed E-state index contributed by atoms with van der Waals surface area (Å²) in [6.45, 7) is 0.0508. The summed E-state index contributed by atoms with van der Waals surface area (Å²) < 4.78 is 11.6. The number of benzene rings is 1. The Morgan fingerprint density at radius 3 is 2.75 bits per heavy atom. The Kier molecular flexibility index (Phi) is 4.02. The third-order valence-corrected chi connectivity index (χ3v) is 5.78. The highest BCUT2D eigenvalue weighted by Gasteiger charge is 2.16. The maximum absolute atomic E-state index is 12.1. The predicted octanol–water partition coefficient (Wildman–Crippen LogP) is 4.46. The van der Waals surface area contributed by atoms with Gasteiger partial charge < -0.3 is 9.15 Å². The molecule has 0 amide bonds. The van der Waals surface area contributed by atoms with Crippen molar-refractivity contribution < 1.29 is 13.9 Å². The van der Waals surface area contributed by atoms with Crippen LogP contribution in [0.1, 0.15) is 32.8 Å². The van der Waals surface area contributed by atoms with Crippen molar-refractivity contribution in [3.63, 3.8) is 0 Å². The normalized spacial score (nSPS) is 13.2. The first-order chi connectivity index (χ1) is 11.6. The molecule has 2 heterocycles. The SMILES string of the molecule is O=C(OCc1cc(=O)oc2cc3c(cc12)CCC3)c1ccc(Br)s1. The molecule has 0 bridgehead atoms. The van der Waals surface area contributed by atoms with Crippen molar-refractivity contribution >= 4 is 44.2 Å². The molecule has 1 aliphatic carbocycles. The van der Waals surface area contributed by atoms with Crippen LogP contribution in [0.4, 0.5) is 0 Å². The fraction of sp³-hybridized carbons (Fsp3) is 0.222. The highest BCUT2D eigenvalue weighted by atomic mass is 79.9. The van der Waals surface area contributed by atoms with E-state index in [1.165, 1.54) is 28.5 Å². The zero-order valence-corrected chi connectivity index (χ0v) is 15.0. The highest BCUT2D eigenvalue weighted by Crippen LogP contribution is 2.29. The van der Waals surface area contributed by atoms with E-state index in [0.717, 1.165) is 28.4 Å². The molecule has 4 nitrogen and oxygen atoms in total. The Balaban J connectivity index is 1.66. The third kappa shape index (κ3) is 2.91. The number of aryl methyl sites for hydroxylation is 2. The van der Waals surface area contributed by atoms with Gasteiger partial charge in [-0.1, -0.05) is 0 Å². The zero-order valence-electron chi connectivity index (χ0n) is 12.6. The van der Waals surface area contributed by atoms with Gasteiger partial charge in [-0.25, -0.2) is 9.59 Å². The second kappa shape index (κ2) is 6.18. The number of carbonyl (C=O) groups excluding carboxylic acids is 1. The Labute approximate surface area is 150 Å². The molecule has 2 aromatic heterocycles. The van der Waals surface area contributed by atoms with Crippen LogP contribution in [0, 0.1) is 0 Å². The first-order valence-electron chi connectivity index (χ1n) is 7.61. The fourth-order valence-corrected chi connectivity index (χ4v) is 4.33. The monoisotopic (exact) mass is 404 g/mol. The summed E-state index contributed by atoms with van der Waals surface area (Å²) in [5.74, 6) is -0.395. The molecule has 0 atom stereocenters. The lowest BCUT2D eigenvalue weighted by atomic mass is 10.0. The second-order valence-electron chi connectivity index (χ2n) is 5.74. The molecule has 3 aromatic rings. The van der Waals surface area contributed by atoms with Crippen LogP contribution >= 0.6 is 27.3 Å². The number of hydrogen-bond acceptors (Lipinski definition) is 5. The van der Waals surface area contributed by atoms with Gasteiger partial charge in [0.1, 0.15) is 17.1 Å². The van der Waals surface area contributed by atoms with Crippen molar-refractivity contribution in [2.45, 2.75) is 25.9 Å². The lowest BCUT2D eigenvalue weighted by Crippen LogP contribution is -2.07. The quantitative estimate of drug-likeness (QED) is 0.477. The van der Waals surface area contributed by atoms with Gasteiger partial charge in [0, 0.05) is 17.0 Å². The van der Waals surface area contributed by atoms with Gasteiger partial charge in [0.05, 0.1) is 3.79 Å². The van der Waals surface area contributed by atoms with Gasteiger partial charge in [0.2, 0.25) is 0 Å². The minimum Gasteiger partial charge on any atom is -0.457 e. The minimum absolute atomic E-state index is 0.0508. The van der Waals surface area contributed by atoms with Crippen molar-refractivity contribution in [2.75, 3.05) is 0 Å². The summed E-state index contributed by atoms with van der Waals surface area (Å²) in [5, 5.41) is 0.843. The summed E-state index contributed by atoms with van der Waals surface area (Å²) in [5.41, 5.74) is 3.34. The van der Waals surface area contributed by atoms with Crippen LogP contribution in [-0.4, -0.2) is 5.97 Å². The molecule has 24 heavy (non-hydrogen) atoms. The van der Waals surface area contributed by atoms with Crippen LogP contribution in [0.25, 0.3) is 11.0 Å². The molecule has 1 aromatic carbocycles. The molecule has 122 valence electrons. The molecule has 0 spiro atoms. The van der Waals surface area contributed by atoms with E-state index >= 15 is 0 Å². The largest absolute Gasteiger partial charge is 0.457 e. The van der Waals surface area contributed by atoms with Gasteiger partial charge in [0.25, 0.3) is 0 Å².